The van der Waals surface area contributed by atoms with E-state index in [9.17, 15) is 0 Å². The summed E-state index contributed by atoms with van der Waals surface area (Å²) >= 11 is 0. The fourth-order valence-corrected chi connectivity index (χ4v) is 1.45. The molecule has 0 fully saturated rings. The highest BCUT2D eigenvalue weighted by atomic mass is 15.3. The van der Waals surface area contributed by atoms with Crippen molar-refractivity contribution in [2.45, 2.75) is 18.9 Å². The standard InChI is InChI=1S/C10H12N2/c1-10(7-8-11-12-10)9-5-3-2-4-6-9/h2-6,8,12H,7H2,1H3. The Bertz CT molecular complexity index is 282. The van der Waals surface area contributed by atoms with Crippen LogP contribution in [0.15, 0.2) is 35.4 Å². The Morgan fingerprint density at radius 3 is 2.67 bits per heavy atom. The minimum Gasteiger partial charge on any atom is -0.300 e. The lowest BCUT2D eigenvalue weighted by Gasteiger charge is -2.23. The van der Waals surface area contributed by atoms with Gasteiger partial charge in [0, 0.05) is 12.6 Å². The molecule has 62 valence electrons. The molecule has 2 nitrogen and oxygen atoms in total. The van der Waals surface area contributed by atoms with Crippen LogP contribution in [0.5, 0.6) is 0 Å². The average Bonchev–Trinajstić information content (AvgIpc) is 2.55. The Balaban J connectivity index is 2.31. The smallest absolute Gasteiger partial charge is 0.0818 e. The molecule has 0 radical (unpaired) electrons. The van der Waals surface area contributed by atoms with Gasteiger partial charge in [0.1, 0.15) is 0 Å². The largest absolute Gasteiger partial charge is 0.300 e. The third kappa shape index (κ3) is 1.09. The second kappa shape index (κ2) is 2.63. The monoisotopic (exact) mass is 160 g/mol. The molecule has 0 aromatic heterocycles. The highest BCUT2D eigenvalue weighted by Crippen LogP contribution is 2.25. The molecule has 1 aromatic rings. The topological polar surface area (TPSA) is 24.4 Å². The van der Waals surface area contributed by atoms with Gasteiger partial charge in [0.05, 0.1) is 5.54 Å². The van der Waals surface area contributed by atoms with E-state index in [0.717, 1.165) is 6.42 Å². The molecule has 1 aliphatic rings. The van der Waals surface area contributed by atoms with E-state index in [0.29, 0.717) is 0 Å². The van der Waals surface area contributed by atoms with E-state index in [4.69, 9.17) is 0 Å². The van der Waals surface area contributed by atoms with Crippen molar-refractivity contribution in [3.8, 4) is 0 Å². The number of hydrogen-bond acceptors (Lipinski definition) is 2. The molecule has 1 heterocycles. The summed E-state index contributed by atoms with van der Waals surface area (Å²) in [6.45, 7) is 2.16. The Kier molecular flexibility index (Phi) is 1.61. The maximum atomic E-state index is 4.04. The van der Waals surface area contributed by atoms with Crippen LogP contribution >= 0.6 is 0 Å². The molecule has 0 saturated carbocycles. The van der Waals surface area contributed by atoms with Crippen LogP contribution in [0.4, 0.5) is 0 Å². The molecule has 1 N–H and O–H groups in total. The average molecular weight is 160 g/mol. The van der Waals surface area contributed by atoms with Crippen molar-refractivity contribution in [2.75, 3.05) is 0 Å². The Hall–Kier alpha value is -1.31. The van der Waals surface area contributed by atoms with Crippen LogP contribution in [-0.2, 0) is 5.54 Å². The quantitative estimate of drug-likeness (QED) is 0.666. The van der Waals surface area contributed by atoms with Gasteiger partial charge in [0.25, 0.3) is 0 Å². The first-order valence-electron chi connectivity index (χ1n) is 4.15. The third-order valence-corrected chi connectivity index (χ3v) is 2.31. The first-order valence-corrected chi connectivity index (χ1v) is 4.15. The summed E-state index contributed by atoms with van der Waals surface area (Å²) in [5.74, 6) is 0. The molecule has 1 unspecified atom stereocenters. The van der Waals surface area contributed by atoms with E-state index in [-0.39, 0.29) is 5.54 Å². The maximum Gasteiger partial charge on any atom is 0.0818 e. The van der Waals surface area contributed by atoms with Crippen LogP contribution in [0.1, 0.15) is 18.9 Å². The molecule has 1 atom stereocenters. The van der Waals surface area contributed by atoms with Gasteiger partial charge in [0.2, 0.25) is 0 Å². The fourth-order valence-electron chi connectivity index (χ4n) is 1.45. The Labute approximate surface area is 72.3 Å². The lowest BCUT2D eigenvalue weighted by molar-refractivity contribution is 0.422. The minimum absolute atomic E-state index is 0.0151. The molecular formula is C10H12N2. The molecule has 0 aliphatic carbocycles. The SMILES string of the molecule is CC1(c2ccccc2)CC=NN1. The Morgan fingerprint density at radius 2 is 2.08 bits per heavy atom. The van der Waals surface area contributed by atoms with Crippen LogP contribution < -0.4 is 5.43 Å². The van der Waals surface area contributed by atoms with E-state index in [1.54, 1.807) is 0 Å². The molecule has 2 rings (SSSR count). The van der Waals surface area contributed by atoms with Gasteiger partial charge in [-0.05, 0) is 12.5 Å². The van der Waals surface area contributed by atoms with Crippen molar-refractivity contribution in [2.24, 2.45) is 5.10 Å². The summed E-state index contributed by atoms with van der Waals surface area (Å²) in [6, 6.07) is 10.4. The first-order chi connectivity index (χ1) is 5.81. The number of nitrogens with one attached hydrogen (secondary N) is 1. The molecule has 1 aliphatic heterocycles. The van der Waals surface area contributed by atoms with Gasteiger partial charge in [0.15, 0.2) is 0 Å². The fraction of sp³-hybridized carbons (Fsp3) is 0.300. The van der Waals surface area contributed by atoms with Crippen molar-refractivity contribution in [1.29, 1.82) is 0 Å². The summed E-state index contributed by atoms with van der Waals surface area (Å²) in [4.78, 5) is 0. The molecule has 0 bridgehead atoms. The lowest BCUT2D eigenvalue weighted by atomic mass is 9.91. The summed E-state index contributed by atoms with van der Waals surface area (Å²) in [5, 5.41) is 4.04. The molecule has 2 heteroatoms. The van der Waals surface area contributed by atoms with Crippen molar-refractivity contribution in [1.82, 2.24) is 5.43 Å². The van der Waals surface area contributed by atoms with Crippen molar-refractivity contribution < 1.29 is 0 Å². The zero-order chi connectivity index (χ0) is 8.44. The highest BCUT2D eigenvalue weighted by molar-refractivity contribution is 5.62. The zero-order valence-corrected chi connectivity index (χ0v) is 7.12. The van der Waals surface area contributed by atoms with Gasteiger partial charge in [-0.1, -0.05) is 30.3 Å². The van der Waals surface area contributed by atoms with Crippen molar-refractivity contribution in [3.05, 3.63) is 35.9 Å². The van der Waals surface area contributed by atoms with Gasteiger partial charge in [-0.25, -0.2) is 0 Å². The molecule has 12 heavy (non-hydrogen) atoms. The zero-order valence-electron chi connectivity index (χ0n) is 7.12. The minimum atomic E-state index is 0.0151. The summed E-state index contributed by atoms with van der Waals surface area (Å²) in [6.07, 6.45) is 2.89. The Morgan fingerprint density at radius 1 is 1.33 bits per heavy atom. The van der Waals surface area contributed by atoms with Crippen LogP contribution in [0.3, 0.4) is 0 Å². The summed E-state index contributed by atoms with van der Waals surface area (Å²) in [5.41, 5.74) is 4.43. The molecule has 1 aromatic carbocycles. The number of benzene rings is 1. The third-order valence-electron chi connectivity index (χ3n) is 2.31. The van der Waals surface area contributed by atoms with E-state index < -0.39 is 0 Å². The van der Waals surface area contributed by atoms with Gasteiger partial charge < -0.3 is 0 Å². The van der Waals surface area contributed by atoms with Crippen molar-refractivity contribution >= 4 is 6.21 Å². The predicted molar refractivity (Wildman–Crippen MR) is 50.0 cm³/mol. The number of hydrazone groups is 1. The summed E-state index contributed by atoms with van der Waals surface area (Å²) < 4.78 is 0. The van der Waals surface area contributed by atoms with Gasteiger partial charge in [-0.3, -0.25) is 5.43 Å². The van der Waals surface area contributed by atoms with Gasteiger partial charge in [-0.2, -0.15) is 5.10 Å². The van der Waals surface area contributed by atoms with Crippen LogP contribution in [0, 0.1) is 0 Å². The number of rotatable bonds is 1. The molecule has 0 spiro atoms. The van der Waals surface area contributed by atoms with Crippen LogP contribution in [0.2, 0.25) is 0 Å². The highest BCUT2D eigenvalue weighted by Gasteiger charge is 2.27. The van der Waals surface area contributed by atoms with Crippen molar-refractivity contribution in [3.63, 3.8) is 0 Å². The second-order valence-corrected chi connectivity index (χ2v) is 3.33. The lowest BCUT2D eigenvalue weighted by Crippen LogP contribution is -2.31. The van der Waals surface area contributed by atoms with E-state index in [1.165, 1.54) is 5.56 Å². The summed E-state index contributed by atoms with van der Waals surface area (Å²) in [7, 11) is 0. The van der Waals surface area contributed by atoms with Gasteiger partial charge >= 0.3 is 0 Å². The van der Waals surface area contributed by atoms with Crippen LogP contribution in [-0.4, -0.2) is 6.21 Å². The molecular weight excluding hydrogens is 148 g/mol. The number of nitrogens with zero attached hydrogens (tertiary/aromatic N) is 1. The second-order valence-electron chi connectivity index (χ2n) is 3.33. The maximum absolute atomic E-state index is 4.04. The van der Waals surface area contributed by atoms with E-state index in [2.05, 4.69) is 41.7 Å². The van der Waals surface area contributed by atoms with E-state index >= 15 is 0 Å². The molecule has 0 saturated heterocycles. The van der Waals surface area contributed by atoms with Crippen LogP contribution in [0.25, 0.3) is 0 Å². The normalized spacial score (nSPS) is 27.1. The van der Waals surface area contributed by atoms with E-state index in [1.807, 2.05) is 12.3 Å². The van der Waals surface area contributed by atoms with Gasteiger partial charge in [-0.15, -0.1) is 0 Å². The first kappa shape index (κ1) is 7.35. The molecule has 0 amide bonds. The number of hydrogen-bond donors (Lipinski definition) is 1. The predicted octanol–water partition coefficient (Wildman–Crippen LogP) is 1.88.